The molecule has 4 nitrogen and oxygen atoms in total. The highest BCUT2D eigenvalue weighted by molar-refractivity contribution is 4.83. The van der Waals surface area contributed by atoms with E-state index in [1.165, 1.54) is 0 Å². The highest BCUT2D eigenvalue weighted by Crippen LogP contribution is 1.91. The fourth-order valence-corrected chi connectivity index (χ4v) is 0.727. The molecule has 0 aliphatic heterocycles. The number of methoxy groups -OCH3 is 1. The minimum atomic E-state index is 0.701. The van der Waals surface area contributed by atoms with Crippen molar-refractivity contribution in [3.63, 3.8) is 0 Å². The Labute approximate surface area is 59.8 Å². The molecule has 0 saturated heterocycles. The van der Waals surface area contributed by atoms with Gasteiger partial charge in [-0.2, -0.15) is 0 Å². The van der Waals surface area contributed by atoms with E-state index >= 15 is 0 Å². The smallest absolute Gasteiger partial charge is 0.134 e. The van der Waals surface area contributed by atoms with Gasteiger partial charge in [0.05, 0.1) is 6.61 Å². The van der Waals surface area contributed by atoms with E-state index in [0.29, 0.717) is 6.61 Å². The third-order valence-electron chi connectivity index (χ3n) is 1.33. The molecule has 10 heavy (non-hydrogen) atoms. The lowest BCUT2D eigenvalue weighted by molar-refractivity contribution is 0.199. The van der Waals surface area contributed by atoms with Crippen LogP contribution >= 0.6 is 0 Å². The average Bonchev–Trinajstić information content (AvgIpc) is 2.31. The molecule has 1 rings (SSSR count). The number of hydrogen-bond acceptors (Lipinski definition) is 3. The Morgan fingerprint density at radius 2 is 2.50 bits per heavy atom. The SMILES string of the molecule is COCCc1nncn1C. The molecule has 0 spiro atoms. The predicted molar refractivity (Wildman–Crippen MR) is 36.6 cm³/mol. The van der Waals surface area contributed by atoms with Crippen molar-refractivity contribution in [2.75, 3.05) is 13.7 Å². The minimum Gasteiger partial charge on any atom is -0.384 e. The molecule has 1 aromatic rings. The molecule has 0 unspecified atom stereocenters. The highest BCUT2D eigenvalue weighted by atomic mass is 16.5. The van der Waals surface area contributed by atoms with Crippen LogP contribution in [0.3, 0.4) is 0 Å². The summed E-state index contributed by atoms with van der Waals surface area (Å²) in [4.78, 5) is 0. The van der Waals surface area contributed by atoms with Gasteiger partial charge in [-0.1, -0.05) is 0 Å². The molecule has 0 N–H and O–H groups in total. The van der Waals surface area contributed by atoms with Crippen LogP contribution in [-0.4, -0.2) is 28.5 Å². The van der Waals surface area contributed by atoms with E-state index in [9.17, 15) is 0 Å². The van der Waals surface area contributed by atoms with Crippen molar-refractivity contribution in [2.45, 2.75) is 6.42 Å². The van der Waals surface area contributed by atoms with E-state index in [-0.39, 0.29) is 0 Å². The lowest BCUT2D eigenvalue weighted by atomic mass is 10.4. The zero-order chi connectivity index (χ0) is 7.40. The molecule has 0 amide bonds. The van der Waals surface area contributed by atoms with E-state index in [0.717, 1.165) is 12.2 Å². The Kier molecular flexibility index (Phi) is 2.39. The lowest BCUT2D eigenvalue weighted by Crippen LogP contribution is -2.01. The standard InChI is InChI=1S/C6H11N3O/c1-9-5-7-8-6(9)3-4-10-2/h5H,3-4H2,1-2H3. The van der Waals surface area contributed by atoms with Crippen LogP contribution in [0, 0.1) is 0 Å². The zero-order valence-electron chi connectivity index (χ0n) is 6.24. The molecule has 1 heterocycles. The Morgan fingerprint density at radius 1 is 1.70 bits per heavy atom. The Balaban J connectivity index is 2.49. The summed E-state index contributed by atoms with van der Waals surface area (Å²) in [6, 6.07) is 0. The van der Waals surface area contributed by atoms with E-state index in [2.05, 4.69) is 10.2 Å². The number of nitrogens with zero attached hydrogens (tertiary/aromatic N) is 3. The van der Waals surface area contributed by atoms with Crippen molar-refractivity contribution < 1.29 is 4.74 Å². The van der Waals surface area contributed by atoms with Gasteiger partial charge in [-0.25, -0.2) is 0 Å². The molecule has 0 fully saturated rings. The molecule has 0 saturated carbocycles. The first kappa shape index (κ1) is 7.21. The number of aryl methyl sites for hydroxylation is 1. The molecule has 0 bridgehead atoms. The summed E-state index contributed by atoms with van der Waals surface area (Å²) in [6.07, 6.45) is 2.51. The van der Waals surface area contributed by atoms with Gasteiger partial charge >= 0.3 is 0 Å². The summed E-state index contributed by atoms with van der Waals surface area (Å²) in [6.45, 7) is 0.701. The van der Waals surface area contributed by atoms with Gasteiger partial charge < -0.3 is 9.30 Å². The molecular weight excluding hydrogens is 130 g/mol. The van der Waals surface area contributed by atoms with Gasteiger partial charge in [0.1, 0.15) is 12.2 Å². The van der Waals surface area contributed by atoms with Gasteiger partial charge in [0, 0.05) is 20.6 Å². The van der Waals surface area contributed by atoms with E-state index in [1.54, 1.807) is 13.4 Å². The van der Waals surface area contributed by atoms with Crippen LogP contribution in [0.2, 0.25) is 0 Å². The Morgan fingerprint density at radius 3 is 3.00 bits per heavy atom. The van der Waals surface area contributed by atoms with E-state index in [1.807, 2.05) is 11.6 Å². The first-order valence-electron chi connectivity index (χ1n) is 3.16. The molecule has 0 aromatic carbocycles. The second kappa shape index (κ2) is 3.31. The second-order valence-corrected chi connectivity index (χ2v) is 2.10. The van der Waals surface area contributed by atoms with Gasteiger partial charge in [0.25, 0.3) is 0 Å². The van der Waals surface area contributed by atoms with Crippen LogP contribution in [0.4, 0.5) is 0 Å². The molecule has 0 aliphatic carbocycles. The topological polar surface area (TPSA) is 39.9 Å². The monoisotopic (exact) mass is 141 g/mol. The van der Waals surface area contributed by atoms with Crippen LogP contribution in [0.25, 0.3) is 0 Å². The number of aromatic nitrogens is 3. The highest BCUT2D eigenvalue weighted by Gasteiger charge is 1.97. The van der Waals surface area contributed by atoms with Crippen molar-refractivity contribution in [1.82, 2.24) is 14.8 Å². The van der Waals surface area contributed by atoms with Gasteiger partial charge in [-0.05, 0) is 0 Å². The Bertz CT molecular complexity index is 197. The van der Waals surface area contributed by atoms with Crippen LogP contribution in [0.15, 0.2) is 6.33 Å². The normalized spacial score (nSPS) is 10.2. The minimum absolute atomic E-state index is 0.701. The van der Waals surface area contributed by atoms with Crippen molar-refractivity contribution in [3.8, 4) is 0 Å². The summed E-state index contributed by atoms with van der Waals surface area (Å²) in [5, 5.41) is 7.62. The number of ether oxygens (including phenoxy) is 1. The molecule has 0 radical (unpaired) electrons. The lowest BCUT2D eigenvalue weighted by Gasteiger charge is -1.97. The number of rotatable bonds is 3. The molecule has 0 atom stereocenters. The van der Waals surface area contributed by atoms with Crippen LogP contribution < -0.4 is 0 Å². The number of hydrogen-bond donors (Lipinski definition) is 0. The second-order valence-electron chi connectivity index (χ2n) is 2.10. The van der Waals surface area contributed by atoms with Gasteiger partial charge in [-0.3, -0.25) is 0 Å². The van der Waals surface area contributed by atoms with Crippen molar-refractivity contribution in [1.29, 1.82) is 0 Å². The van der Waals surface area contributed by atoms with Crippen LogP contribution in [-0.2, 0) is 18.2 Å². The summed E-state index contributed by atoms with van der Waals surface area (Å²) >= 11 is 0. The summed E-state index contributed by atoms with van der Waals surface area (Å²) in [5.74, 6) is 0.960. The first-order chi connectivity index (χ1) is 4.84. The molecular formula is C6H11N3O. The van der Waals surface area contributed by atoms with Crippen molar-refractivity contribution in [2.24, 2.45) is 7.05 Å². The first-order valence-corrected chi connectivity index (χ1v) is 3.16. The van der Waals surface area contributed by atoms with Crippen molar-refractivity contribution in [3.05, 3.63) is 12.2 Å². The van der Waals surface area contributed by atoms with Gasteiger partial charge in [0.15, 0.2) is 0 Å². The maximum absolute atomic E-state index is 4.89. The summed E-state index contributed by atoms with van der Waals surface area (Å²) < 4.78 is 6.78. The molecule has 56 valence electrons. The zero-order valence-corrected chi connectivity index (χ0v) is 6.24. The third-order valence-corrected chi connectivity index (χ3v) is 1.33. The maximum atomic E-state index is 4.89. The van der Waals surface area contributed by atoms with Crippen LogP contribution in [0.1, 0.15) is 5.82 Å². The van der Waals surface area contributed by atoms with Gasteiger partial charge in [-0.15, -0.1) is 10.2 Å². The molecule has 4 heteroatoms. The maximum Gasteiger partial charge on any atom is 0.134 e. The predicted octanol–water partition coefficient (Wildman–Crippen LogP) is 0.00400. The summed E-state index contributed by atoms with van der Waals surface area (Å²) in [5.41, 5.74) is 0. The molecule has 0 aliphatic rings. The van der Waals surface area contributed by atoms with Gasteiger partial charge in [0.2, 0.25) is 0 Å². The summed E-state index contributed by atoms with van der Waals surface area (Å²) in [7, 11) is 3.60. The fourth-order valence-electron chi connectivity index (χ4n) is 0.727. The Hall–Kier alpha value is -0.900. The quantitative estimate of drug-likeness (QED) is 0.595. The average molecular weight is 141 g/mol. The molecule has 1 aromatic heterocycles. The van der Waals surface area contributed by atoms with E-state index < -0.39 is 0 Å². The fraction of sp³-hybridized carbons (Fsp3) is 0.667. The van der Waals surface area contributed by atoms with Crippen LogP contribution in [0.5, 0.6) is 0 Å². The largest absolute Gasteiger partial charge is 0.384 e. The van der Waals surface area contributed by atoms with E-state index in [4.69, 9.17) is 4.74 Å². The third kappa shape index (κ3) is 1.54. The van der Waals surface area contributed by atoms with Crippen molar-refractivity contribution >= 4 is 0 Å².